The molecule has 2 aromatic heterocycles. The first-order chi connectivity index (χ1) is 25.3. The summed E-state index contributed by atoms with van der Waals surface area (Å²) in [5.41, 5.74) is 8.63. The van der Waals surface area contributed by atoms with E-state index in [-0.39, 0.29) is 0 Å². The molecule has 51 heavy (non-hydrogen) atoms. The zero-order valence-electron chi connectivity index (χ0n) is 27.6. The molecule has 4 heteroatoms. The van der Waals surface area contributed by atoms with E-state index in [0.717, 1.165) is 49.4 Å². The molecule has 0 amide bonds. The van der Waals surface area contributed by atoms with Gasteiger partial charge in [0.1, 0.15) is 0 Å². The molecule has 0 bridgehead atoms. The Bertz CT molecular complexity index is 2900. The third kappa shape index (κ3) is 4.88. The van der Waals surface area contributed by atoms with Crippen LogP contribution in [0.5, 0.6) is 0 Å². The Morgan fingerprint density at radius 3 is 1.76 bits per heavy atom. The van der Waals surface area contributed by atoms with E-state index in [9.17, 15) is 0 Å². The van der Waals surface area contributed by atoms with Gasteiger partial charge in [-0.25, -0.2) is 15.0 Å². The van der Waals surface area contributed by atoms with Crippen molar-refractivity contribution in [2.75, 3.05) is 0 Å². The fraction of sp³-hybridized carbons (Fsp3) is 0. The lowest BCUT2D eigenvalue weighted by Gasteiger charge is -2.12. The lowest BCUT2D eigenvalue weighted by molar-refractivity contribution is 1.08. The van der Waals surface area contributed by atoms with Gasteiger partial charge in [0.25, 0.3) is 0 Å². The zero-order valence-corrected chi connectivity index (χ0v) is 27.6. The minimum Gasteiger partial charge on any atom is -0.309 e. The van der Waals surface area contributed by atoms with Crippen molar-refractivity contribution in [2.24, 2.45) is 0 Å². The van der Waals surface area contributed by atoms with E-state index >= 15 is 0 Å². The summed E-state index contributed by atoms with van der Waals surface area (Å²) < 4.78 is 2.38. The largest absolute Gasteiger partial charge is 0.309 e. The van der Waals surface area contributed by atoms with Crippen molar-refractivity contribution >= 4 is 43.4 Å². The van der Waals surface area contributed by atoms with Gasteiger partial charge < -0.3 is 4.57 Å². The monoisotopic (exact) mass is 650 g/mol. The molecular weight excluding hydrogens is 621 g/mol. The molecule has 10 rings (SSSR count). The topological polar surface area (TPSA) is 43.6 Å². The summed E-state index contributed by atoms with van der Waals surface area (Å²) in [7, 11) is 0. The van der Waals surface area contributed by atoms with Gasteiger partial charge in [-0.1, -0.05) is 158 Å². The standard InChI is InChI=1S/C47H30N4/c1-4-14-31(15-5-1)34-27-28-37-35(30-34)19-12-23-39(37)46-48-45(33-17-6-2-7-18-33)49-47(50-46)41-24-13-25-42-43(41)40-29-26-32-16-10-11-22-38(32)44(40)51(42)36-20-8-3-9-21-36/h1-30H. The van der Waals surface area contributed by atoms with Crippen LogP contribution in [0.25, 0.3) is 94.3 Å². The average Bonchev–Trinajstić information content (AvgIpc) is 3.56. The summed E-state index contributed by atoms with van der Waals surface area (Å²) in [5, 5.41) is 6.91. The highest BCUT2D eigenvalue weighted by atomic mass is 15.0. The van der Waals surface area contributed by atoms with E-state index in [0.29, 0.717) is 17.5 Å². The van der Waals surface area contributed by atoms with Gasteiger partial charge in [0.05, 0.1) is 11.0 Å². The number of hydrogen-bond acceptors (Lipinski definition) is 3. The SMILES string of the molecule is c1ccc(-c2ccc3c(-c4nc(-c5ccccc5)nc(-c5cccc6c5c5ccc7ccccc7c5n6-c5ccccc5)n4)cccc3c2)cc1. The number of para-hydroxylation sites is 1. The molecular formula is C47H30N4. The molecule has 0 atom stereocenters. The highest BCUT2D eigenvalue weighted by molar-refractivity contribution is 6.22. The Labute approximate surface area is 295 Å². The first-order valence-electron chi connectivity index (χ1n) is 17.2. The average molecular weight is 651 g/mol. The smallest absolute Gasteiger partial charge is 0.164 e. The number of fused-ring (bicyclic) bond motifs is 6. The Morgan fingerprint density at radius 1 is 0.353 bits per heavy atom. The van der Waals surface area contributed by atoms with Gasteiger partial charge >= 0.3 is 0 Å². The molecule has 4 nitrogen and oxygen atoms in total. The molecule has 0 aliphatic carbocycles. The summed E-state index contributed by atoms with van der Waals surface area (Å²) in [6, 6.07) is 63.8. The van der Waals surface area contributed by atoms with Crippen molar-refractivity contribution < 1.29 is 0 Å². The van der Waals surface area contributed by atoms with Crippen molar-refractivity contribution in [1.29, 1.82) is 0 Å². The first-order valence-corrected chi connectivity index (χ1v) is 17.2. The van der Waals surface area contributed by atoms with Crippen LogP contribution >= 0.6 is 0 Å². The molecule has 10 aromatic rings. The third-order valence-electron chi connectivity index (χ3n) is 9.83. The van der Waals surface area contributed by atoms with E-state index in [1.165, 1.54) is 27.4 Å². The van der Waals surface area contributed by atoms with Crippen molar-refractivity contribution in [3.05, 3.63) is 182 Å². The van der Waals surface area contributed by atoms with E-state index in [4.69, 9.17) is 15.0 Å². The van der Waals surface area contributed by atoms with E-state index in [2.05, 4.69) is 162 Å². The molecule has 8 aromatic carbocycles. The predicted molar refractivity (Wildman–Crippen MR) is 211 cm³/mol. The summed E-state index contributed by atoms with van der Waals surface area (Å²) in [5.74, 6) is 1.93. The quantitative estimate of drug-likeness (QED) is 0.186. The zero-order chi connectivity index (χ0) is 33.7. The first kappa shape index (κ1) is 29.0. The van der Waals surface area contributed by atoms with Gasteiger partial charge in [0, 0.05) is 38.5 Å². The second-order valence-corrected chi connectivity index (χ2v) is 12.8. The van der Waals surface area contributed by atoms with Crippen LogP contribution in [0.1, 0.15) is 0 Å². The molecule has 0 saturated heterocycles. The van der Waals surface area contributed by atoms with E-state index in [1.54, 1.807) is 0 Å². The summed E-state index contributed by atoms with van der Waals surface area (Å²) in [6.45, 7) is 0. The number of benzene rings is 8. The molecule has 0 aliphatic rings. The van der Waals surface area contributed by atoms with E-state index in [1.807, 2.05) is 24.3 Å². The molecule has 0 unspecified atom stereocenters. The molecule has 0 aliphatic heterocycles. The van der Waals surface area contributed by atoms with Crippen LogP contribution in [0.2, 0.25) is 0 Å². The van der Waals surface area contributed by atoms with Gasteiger partial charge in [0.2, 0.25) is 0 Å². The maximum atomic E-state index is 5.30. The third-order valence-corrected chi connectivity index (χ3v) is 9.83. The normalized spacial score (nSPS) is 11.5. The number of aromatic nitrogens is 4. The second-order valence-electron chi connectivity index (χ2n) is 12.8. The summed E-state index contributed by atoms with van der Waals surface area (Å²) >= 11 is 0. The van der Waals surface area contributed by atoms with E-state index < -0.39 is 0 Å². The molecule has 0 N–H and O–H groups in total. The minimum atomic E-state index is 0.641. The molecule has 0 fully saturated rings. The fourth-order valence-corrected chi connectivity index (χ4v) is 7.48. The lowest BCUT2D eigenvalue weighted by Crippen LogP contribution is -2.01. The number of hydrogen-bond donors (Lipinski definition) is 0. The molecule has 0 radical (unpaired) electrons. The maximum Gasteiger partial charge on any atom is 0.164 e. The van der Waals surface area contributed by atoms with Crippen molar-refractivity contribution in [2.45, 2.75) is 0 Å². The van der Waals surface area contributed by atoms with Gasteiger partial charge in [-0.05, 0) is 51.6 Å². The lowest BCUT2D eigenvalue weighted by atomic mass is 9.98. The van der Waals surface area contributed by atoms with Crippen LogP contribution in [0, 0.1) is 0 Å². The summed E-state index contributed by atoms with van der Waals surface area (Å²) in [4.78, 5) is 15.6. The molecule has 0 spiro atoms. The predicted octanol–water partition coefficient (Wildman–Crippen LogP) is 11.9. The Kier molecular flexibility index (Phi) is 6.78. The highest BCUT2D eigenvalue weighted by Crippen LogP contribution is 2.41. The van der Waals surface area contributed by atoms with Crippen LogP contribution < -0.4 is 0 Å². The highest BCUT2D eigenvalue weighted by Gasteiger charge is 2.21. The van der Waals surface area contributed by atoms with Crippen LogP contribution in [0.4, 0.5) is 0 Å². The Hall–Kier alpha value is -6.91. The Morgan fingerprint density at radius 2 is 0.961 bits per heavy atom. The van der Waals surface area contributed by atoms with Crippen LogP contribution in [-0.2, 0) is 0 Å². The van der Waals surface area contributed by atoms with Gasteiger partial charge in [-0.2, -0.15) is 0 Å². The fourth-order valence-electron chi connectivity index (χ4n) is 7.48. The van der Waals surface area contributed by atoms with Crippen LogP contribution in [0.3, 0.4) is 0 Å². The maximum absolute atomic E-state index is 5.30. The molecule has 2 heterocycles. The van der Waals surface area contributed by atoms with Gasteiger partial charge in [-0.3, -0.25) is 0 Å². The molecule has 0 saturated carbocycles. The van der Waals surface area contributed by atoms with Crippen molar-refractivity contribution in [1.82, 2.24) is 19.5 Å². The molecule has 238 valence electrons. The number of rotatable bonds is 5. The van der Waals surface area contributed by atoms with Gasteiger partial charge in [0.15, 0.2) is 17.5 Å². The van der Waals surface area contributed by atoms with Crippen molar-refractivity contribution in [3.8, 4) is 51.0 Å². The minimum absolute atomic E-state index is 0.641. The van der Waals surface area contributed by atoms with Crippen LogP contribution in [0.15, 0.2) is 182 Å². The van der Waals surface area contributed by atoms with Gasteiger partial charge in [-0.15, -0.1) is 0 Å². The summed E-state index contributed by atoms with van der Waals surface area (Å²) in [6.07, 6.45) is 0. The van der Waals surface area contributed by atoms with Crippen molar-refractivity contribution in [3.63, 3.8) is 0 Å². The number of nitrogens with zero attached hydrogens (tertiary/aromatic N) is 4. The van der Waals surface area contributed by atoms with Crippen LogP contribution in [-0.4, -0.2) is 19.5 Å². The Balaban J connectivity index is 1.25. The second kappa shape index (κ2) is 11.9.